The van der Waals surface area contributed by atoms with Crippen molar-refractivity contribution in [1.29, 1.82) is 0 Å². The van der Waals surface area contributed by atoms with Crippen LogP contribution in [0.15, 0.2) is 42.6 Å². The van der Waals surface area contributed by atoms with Gasteiger partial charge in [-0.25, -0.2) is 4.39 Å². The lowest BCUT2D eigenvalue weighted by Gasteiger charge is -2.23. The molecule has 17 heavy (non-hydrogen) atoms. The summed E-state index contributed by atoms with van der Waals surface area (Å²) in [5, 5.41) is 11.0. The first-order valence-electron chi connectivity index (χ1n) is 5.10. The summed E-state index contributed by atoms with van der Waals surface area (Å²) in [7, 11) is 0. The van der Waals surface area contributed by atoms with E-state index in [1.54, 1.807) is 31.2 Å². The van der Waals surface area contributed by atoms with Crippen molar-refractivity contribution in [2.24, 2.45) is 0 Å². The number of aliphatic hydroxyl groups is 1. The highest BCUT2D eigenvalue weighted by atomic mass is 35.5. The van der Waals surface area contributed by atoms with Gasteiger partial charge in [0.25, 0.3) is 0 Å². The van der Waals surface area contributed by atoms with Gasteiger partial charge in [0, 0.05) is 5.02 Å². The Kier molecular flexibility index (Phi) is 3.13. The molecule has 2 rings (SSSR count). The first-order chi connectivity index (χ1) is 8.00. The molecule has 0 saturated carbocycles. The Labute approximate surface area is 104 Å². The molecule has 0 aliphatic carbocycles. The molecule has 0 spiro atoms. The smallest absolute Gasteiger partial charge is 0.141 e. The fraction of sp³-hybridized carbons (Fsp3) is 0.154. The largest absolute Gasteiger partial charge is 0.379 e. The van der Waals surface area contributed by atoms with Gasteiger partial charge in [0.2, 0.25) is 0 Å². The van der Waals surface area contributed by atoms with E-state index >= 15 is 0 Å². The van der Waals surface area contributed by atoms with Crippen molar-refractivity contribution >= 4 is 11.6 Å². The highest BCUT2D eigenvalue weighted by Gasteiger charge is 2.26. The number of hydrogen-bond donors (Lipinski definition) is 1. The van der Waals surface area contributed by atoms with Crippen molar-refractivity contribution in [2.45, 2.75) is 12.5 Å². The van der Waals surface area contributed by atoms with E-state index in [-0.39, 0.29) is 0 Å². The molecular formula is C13H11ClFNO. The van der Waals surface area contributed by atoms with Gasteiger partial charge in [0.1, 0.15) is 11.4 Å². The molecule has 0 radical (unpaired) electrons. The number of halogens is 2. The van der Waals surface area contributed by atoms with E-state index in [1.165, 1.54) is 12.1 Å². The van der Waals surface area contributed by atoms with E-state index in [1.807, 2.05) is 0 Å². The van der Waals surface area contributed by atoms with Crippen molar-refractivity contribution in [3.63, 3.8) is 0 Å². The topological polar surface area (TPSA) is 33.1 Å². The van der Waals surface area contributed by atoms with Crippen LogP contribution in [-0.4, -0.2) is 10.1 Å². The first-order valence-corrected chi connectivity index (χ1v) is 5.48. The fourth-order valence-corrected chi connectivity index (χ4v) is 1.71. The molecule has 1 atom stereocenters. The van der Waals surface area contributed by atoms with Crippen molar-refractivity contribution in [3.05, 3.63) is 64.7 Å². The van der Waals surface area contributed by atoms with Crippen LogP contribution in [0.1, 0.15) is 18.2 Å². The molecule has 0 aliphatic rings. The van der Waals surface area contributed by atoms with Crippen LogP contribution in [0.3, 0.4) is 0 Å². The van der Waals surface area contributed by atoms with Crippen molar-refractivity contribution in [1.82, 2.24) is 4.98 Å². The van der Waals surface area contributed by atoms with Gasteiger partial charge in [0.15, 0.2) is 0 Å². The Morgan fingerprint density at radius 1 is 1.18 bits per heavy atom. The average molecular weight is 252 g/mol. The zero-order valence-electron chi connectivity index (χ0n) is 9.19. The quantitative estimate of drug-likeness (QED) is 0.890. The van der Waals surface area contributed by atoms with E-state index in [0.29, 0.717) is 16.3 Å². The summed E-state index contributed by atoms with van der Waals surface area (Å²) in [5.74, 6) is -0.430. The molecule has 1 heterocycles. The average Bonchev–Trinajstić information content (AvgIpc) is 2.30. The van der Waals surface area contributed by atoms with Gasteiger partial charge in [-0.2, -0.15) is 0 Å². The highest BCUT2D eigenvalue weighted by Crippen LogP contribution is 2.28. The highest BCUT2D eigenvalue weighted by molar-refractivity contribution is 6.30. The van der Waals surface area contributed by atoms with E-state index in [0.717, 1.165) is 6.20 Å². The summed E-state index contributed by atoms with van der Waals surface area (Å²) in [5.41, 5.74) is -0.222. The molecule has 2 aromatic rings. The summed E-state index contributed by atoms with van der Waals surface area (Å²) in [4.78, 5) is 3.89. The minimum absolute atomic E-state index is 0.390. The van der Waals surface area contributed by atoms with Crippen molar-refractivity contribution in [2.75, 3.05) is 0 Å². The minimum atomic E-state index is -1.27. The lowest BCUT2D eigenvalue weighted by Crippen LogP contribution is -2.24. The predicted octanol–water partition coefficient (Wildman–Crippen LogP) is 3.13. The Morgan fingerprint density at radius 3 is 2.35 bits per heavy atom. The van der Waals surface area contributed by atoms with Crippen molar-refractivity contribution in [3.8, 4) is 0 Å². The van der Waals surface area contributed by atoms with E-state index < -0.39 is 11.4 Å². The molecule has 1 aromatic heterocycles. The maximum absolute atomic E-state index is 12.8. The van der Waals surface area contributed by atoms with Gasteiger partial charge >= 0.3 is 0 Å². The standard InChI is InChI=1S/C13H11ClFNO/c1-13(17,9-2-4-10(14)5-3-9)12-7-6-11(15)8-16-12/h2-8,17H,1H3. The van der Waals surface area contributed by atoms with Crippen LogP contribution in [0.25, 0.3) is 0 Å². The monoisotopic (exact) mass is 251 g/mol. The minimum Gasteiger partial charge on any atom is -0.379 e. The molecule has 0 fully saturated rings. The summed E-state index contributed by atoms with van der Waals surface area (Å²) in [6.07, 6.45) is 1.08. The maximum atomic E-state index is 12.8. The number of pyridine rings is 1. The maximum Gasteiger partial charge on any atom is 0.141 e. The van der Waals surface area contributed by atoms with E-state index in [4.69, 9.17) is 11.6 Å². The summed E-state index contributed by atoms with van der Waals surface area (Å²) < 4.78 is 12.8. The number of nitrogens with zero attached hydrogens (tertiary/aromatic N) is 1. The van der Waals surface area contributed by atoms with Gasteiger partial charge in [-0.15, -0.1) is 0 Å². The lowest BCUT2D eigenvalue weighted by atomic mass is 9.92. The van der Waals surface area contributed by atoms with Crippen LogP contribution in [0.2, 0.25) is 5.02 Å². The van der Waals surface area contributed by atoms with Gasteiger partial charge < -0.3 is 5.11 Å². The molecule has 1 unspecified atom stereocenters. The number of hydrogen-bond acceptors (Lipinski definition) is 2. The molecule has 1 aromatic carbocycles. The Morgan fingerprint density at radius 2 is 1.82 bits per heavy atom. The van der Waals surface area contributed by atoms with Crippen LogP contribution in [0.4, 0.5) is 4.39 Å². The molecule has 0 bridgehead atoms. The summed E-state index contributed by atoms with van der Waals surface area (Å²) >= 11 is 5.78. The van der Waals surface area contributed by atoms with Gasteiger partial charge in [-0.05, 0) is 36.8 Å². The van der Waals surface area contributed by atoms with E-state index in [9.17, 15) is 9.50 Å². The first kappa shape index (κ1) is 12.0. The van der Waals surface area contributed by atoms with Crippen molar-refractivity contribution < 1.29 is 9.50 Å². The second-order valence-electron chi connectivity index (χ2n) is 3.94. The molecule has 1 N–H and O–H groups in total. The third-order valence-electron chi connectivity index (χ3n) is 2.63. The van der Waals surface area contributed by atoms with Gasteiger partial charge in [-0.3, -0.25) is 4.98 Å². The predicted molar refractivity (Wildman–Crippen MR) is 64.3 cm³/mol. The zero-order valence-corrected chi connectivity index (χ0v) is 9.95. The number of rotatable bonds is 2. The molecule has 0 saturated heterocycles. The number of benzene rings is 1. The second-order valence-corrected chi connectivity index (χ2v) is 4.38. The second kappa shape index (κ2) is 4.43. The van der Waals surface area contributed by atoms with Crippen LogP contribution < -0.4 is 0 Å². The SMILES string of the molecule is CC(O)(c1ccc(Cl)cc1)c1ccc(F)cn1. The summed E-state index contributed by atoms with van der Waals surface area (Å²) in [6, 6.07) is 9.54. The van der Waals surface area contributed by atoms with Crippen LogP contribution in [0.5, 0.6) is 0 Å². The van der Waals surface area contributed by atoms with Crippen LogP contribution in [0, 0.1) is 5.82 Å². The molecular weight excluding hydrogens is 241 g/mol. The van der Waals surface area contributed by atoms with Gasteiger partial charge in [0.05, 0.1) is 11.9 Å². The van der Waals surface area contributed by atoms with Crippen LogP contribution in [-0.2, 0) is 5.60 Å². The Hall–Kier alpha value is -1.45. The molecule has 0 aliphatic heterocycles. The fourth-order valence-electron chi connectivity index (χ4n) is 1.59. The Balaban J connectivity index is 2.41. The third kappa shape index (κ3) is 2.46. The Bertz CT molecular complexity index is 460. The van der Waals surface area contributed by atoms with E-state index in [2.05, 4.69) is 4.98 Å². The molecule has 0 amide bonds. The summed E-state index contributed by atoms with van der Waals surface area (Å²) in [6.45, 7) is 1.61. The van der Waals surface area contributed by atoms with Crippen LogP contribution >= 0.6 is 11.6 Å². The number of aromatic nitrogens is 1. The zero-order chi connectivity index (χ0) is 12.5. The molecule has 88 valence electrons. The molecule has 2 nitrogen and oxygen atoms in total. The normalized spacial score (nSPS) is 14.4. The lowest BCUT2D eigenvalue weighted by molar-refractivity contribution is 0.0972. The van der Waals surface area contributed by atoms with Gasteiger partial charge in [-0.1, -0.05) is 23.7 Å². The third-order valence-corrected chi connectivity index (χ3v) is 2.88. The molecule has 4 heteroatoms.